The number of hydrogen-bond acceptors (Lipinski definition) is 6. The van der Waals surface area contributed by atoms with Crippen molar-refractivity contribution >= 4 is 5.90 Å². The number of nitrogens with zero attached hydrogens (tertiary/aromatic N) is 5. The highest BCUT2D eigenvalue weighted by molar-refractivity contribution is 5.91. The van der Waals surface area contributed by atoms with Gasteiger partial charge in [-0.1, -0.05) is 20.4 Å². The van der Waals surface area contributed by atoms with Crippen LogP contribution >= 0.6 is 0 Å². The van der Waals surface area contributed by atoms with Crippen molar-refractivity contribution in [1.29, 1.82) is 5.26 Å². The van der Waals surface area contributed by atoms with Gasteiger partial charge >= 0.3 is 0 Å². The average molecular weight is 456 g/mol. The van der Waals surface area contributed by atoms with E-state index in [0.29, 0.717) is 22.6 Å². The average Bonchev–Trinajstić information content (AvgIpc) is 3.35. The van der Waals surface area contributed by atoms with Crippen molar-refractivity contribution < 1.29 is 18.6 Å². The van der Waals surface area contributed by atoms with Crippen LogP contribution < -0.4 is 4.74 Å². The molecule has 174 valence electrons. The molecule has 1 N–H and O–H groups in total. The number of hydrogen-bond donors (Lipinski definition) is 1. The van der Waals surface area contributed by atoms with E-state index in [0.717, 1.165) is 6.42 Å². The third-order valence-corrected chi connectivity index (χ3v) is 5.34. The quantitative estimate of drug-likeness (QED) is 0.467. The van der Waals surface area contributed by atoms with Crippen molar-refractivity contribution in [1.82, 2.24) is 14.7 Å². The number of nitriles is 1. The SMILES string of the molecule is C=C(C)/N=C(\C=C(/[C@H](C)CC)N1CCC(F)(F)C1)Oc1cc(C#N)ccc1-n1cc(O)cn1. The molecule has 9 heteroatoms. The molecule has 1 aromatic heterocycles. The number of allylic oxidation sites excluding steroid dienone is 2. The smallest absolute Gasteiger partial charge is 0.266 e. The van der Waals surface area contributed by atoms with Crippen LogP contribution in [0.3, 0.4) is 0 Å². The minimum atomic E-state index is -2.74. The molecule has 33 heavy (non-hydrogen) atoms. The Morgan fingerprint density at radius 2 is 2.24 bits per heavy atom. The largest absolute Gasteiger partial charge is 0.505 e. The molecule has 0 aliphatic carbocycles. The second-order valence-electron chi connectivity index (χ2n) is 8.13. The molecule has 1 aliphatic heterocycles. The standard InChI is InChI=1S/C24H27F2N5O2/c1-5-17(4)21(30-9-8-24(25,26)15-30)11-23(29-16(2)3)33-22-10-18(12-27)6-7-20(22)31-14-19(32)13-28-31/h6-7,10-11,13-14,17,32H,2,5,8-9,15H2,1,3-4H3/b21-11+,29-23+/t17-/m1/s1. The molecular weight excluding hydrogens is 428 g/mol. The van der Waals surface area contributed by atoms with Crippen molar-refractivity contribution in [3.05, 3.63) is 60.2 Å². The van der Waals surface area contributed by atoms with E-state index < -0.39 is 5.92 Å². The van der Waals surface area contributed by atoms with Gasteiger partial charge in [0.2, 0.25) is 5.90 Å². The molecule has 0 spiro atoms. The maximum absolute atomic E-state index is 13.9. The number of benzene rings is 1. The molecule has 0 amide bonds. The van der Waals surface area contributed by atoms with Crippen LogP contribution in [0.1, 0.15) is 39.2 Å². The van der Waals surface area contributed by atoms with Crippen LogP contribution in [-0.2, 0) is 0 Å². The Morgan fingerprint density at radius 1 is 1.48 bits per heavy atom. The van der Waals surface area contributed by atoms with Gasteiger partial charge in [-0.3, -0.25) is 0 Å². The van der Waals surface area contributed by atoms with Gasteiger partial charge in [0, 0.05) is 36.5 Å². The van der Waals surface area contributed by atoms with Crippen LogP contribution in [0.5, 0.6) is 11.5 Å². The van der Waals surface area contributed by atoms with E-state index in [1.165, 1.54) is 23.1 Å². The number of rotatable bonds is 7. The fraction of sp³-hybridized carbons (Fsp3) is 0.375. The Kier molecular flexibility index (Phi) is 7.16. The lowest BCUT2D eigenvalue weighted by Crippen LogP contribution is -2.28. The molecule has 0 unspecified atom stereocenters. The molecule has 0 bridgehead atoms. The summed E-state index contributed by atoms with van der Waals surface area (Å²) in [4.78, 5) is 6.05. The predicted octanol–water partition coefficient (Wildman–Crippen LogP) is 5.03. The second kappa shape index (κ2) is 9.86. The minimum Gasteiger partial charge on any atom is -0.505 e. The zero-order valence-corrected chi connectivity index (χ0v) is 18.9. The molecular formula is C24H27F2N5O2. The number of halogens is 2. The molecule has 0 saturated carbocycles. The molecule has 1 aliphatic rings. The summed E-state index contributed by atoms with van der Waals surface area (Å²) in [6.45, 7) is 9.35. The molecule has 7 nitrogen and oxygen atoms in total. The van der Waals surface area contributed by atoms with Gasteiger partial charge < -0.3 is 14.7 Å². The Bertz CT molecular complexity index is 1130. The highest BCUT2D eigenvalue weighted by Gasteiger charge is 2.39. The summed E-state index contributed by atoms with van der Waals surface area (Å²) >= 11 is 0. The van der Waals surface area contributed by atoms with E-state index in [4.69, 9.17) is 4.74 Å². The van der Waals surface area contributed by atoms with Crippen LogP contribution in [0, 0.1) is 17.2 Å². The normalized spacial score (nSPS) is 17.0. The third kappa shape index (κ3) is 5.98. The number of likely N-dealkylation sites (tertiary alicyclic amines) is 1. The topological polar surface area (TPSA) is 86.7 Å². The number of alkyl halides is 2. The maximum Gasteiger partial charge on any atom is 0.266 e. The maximum atomic E-state index is 13.9. The fourth-order valence-corrected chi connectivity index (χ4v) is 3.52. The lowest BCUT2D eigenvalue weighted by Gasteiger charge is -2.26. The molecule has 0 radical (unpaired) electrons. The molecule has 3 rings (SSSR count). The summed E-state index contributed by atoms with van der Waals surface area (Å²) in [5.41, 5.74) is 1.98. The first-order valence-electron chi connectivity index (χ1n) is 10.7. The van der Waals surface area contributed by atoms with E-state index in [-0.39, 0.29) is 42.8 Å². The first-order chi connectivity index (χ1) is 15.6. The van der Waals surface area contributed by atoms with Crippen molar-refractivity contribution in [2.45, 2.75) is 39.5 Å². The number of aromatic nitrogens is 2. The summed E-state index contributed by atoms with van der Waals surface area (Å²) in [5, 5.41) is 23.1. The van der Waals surface area contributed by atoms with E-state index in [9.17, 15) is 19.1 Å². The number of aromatic hydroxyl groups is 1. The molecule has 1 atom stereocenters. The van der Waals surface area contributed by atoms with Gasteiger partial charge in [-0.25, -0.2) is 18.5 Å². The minimum absolute atomic E-state index is 0.00852. The highest BCUT2D eigenvalue weighted by atomic mass is 19.3. The summed E-state index contributed by atoms with van der Waals surface area (Å²) in [7, 11) is 0. The summed E-state index contributed by atoms with van der Waals surface area (Å²) in [5.74, 6) is -2.36. The van der Waals surface area contributed by atoms with Crippen molar-refractivity contribution in [2.75, 3.05) is 13.1 Å². The Labute approximate surface area is 191 Å². The number of aliphatic imine (C=N–C) groups is 1. The van der Waals surface area contributed by atoms with Crippen LogP contribution in [0.15, 0.2) is 59.6 Å². The molecule has 2 aromatic rings. The highest BCUT2D eigenvalue weighted by Crippen LogP contribution is 2.33. The zero-order chi connectivity index (χ0) is 24.2. The predicted molar refractivity (Wildman–Crippen MR) is 121 cm³/mol. The molecule has 1 aromatic carbocycles. The first kappa shape index (κ1) is 24.0. The van der Waals surface area contributed by atoms with Gasteiger partial charge in [0.05, 0.1) is 30.6 Å². The Morgan fingerprint density at radius 3 is 2.79 bits per heavy atom. The fourth-order valence-electron chi connectivity index (χ4n) is 3.52. The lowest BCUT2D eigenvalue weighted by molar-refractivity contribution is 0.0144. The van der Waals surface area contributed by atoms with Crippen LogP contribution in [-0.4, -0.2) is 44.7 Å². The zero-order valence-electron chi connectivity index (χ0n) is 18.9. The first-order valence-corrected chi connectivity index (χ1v) is 10.7. The van der Waals surface area contributed by atoms with Gasteiger partial charge in [0.15, 0.2) is 11.5 Å². The van der Waals surface area contributed by atoms with Gasteiger partial charge in [0.1, 0.15) is 5.69 Å². The Balaban J connectivity index is 2.05. The monoisotopic (exact) mass is 455 g/mol. The lowest BCUT2D eigenvalue weighted by atomic mass is 10.0. The second-order valence-corrected chi connectivity index (χ2v) is 8.13. The van der Waals surface area contributed by atoms with E-state index >= 15 is 0 Å². The van der Waals surface area contributed by atoms with Gasteiger partial charge in [-0.2, -0.15) is 10.4 Å². The summed E-state index contributed by atoms with van der Waals surface area (Å²) < 4.78 is 35.4. The molecule has 2 heterocycles. The molecule has 1 fully saturated rings. The van der Waals surface area contributed by atoms with Gasteiger partial charge in [-0.15, -0.1) is 0 Å². The molecule has 1 saturated heterocycles. The van der Waals surface area contributed by atoms with Crippen LogP contribution in [0.4, 0.5) is 8.78 Å². The van der Waals surface area contributed by atoms with Gasteiger partial charge in [0.25, 0.3) is 5.92 Å². The van der Waals surface area contributed by atoms with Crippen LogP contribution in [0.2, 0.25) is 0 Å². The van der Waals surface area contributed by atoms with E-state index in [2.05, 4.69) is 22.7 Å². The number of ether oxygens (including phenoxy) is 1. The van der Waals surface area contributed by atoms with E-state index in [1.54, 1.807) is 30.0 Å². The van der Waals surface area contributed by atoms with Crippen molar-refractivity contribution in [3.63, 3.8) is 0 Å². The summed E-state index contributed by atoms with van der Waals surface area (Å²) in [6.07, 6.45) is 4.88. The van der Waals surface area contributed by atoms with Crippen molar-refractivity contribution in [3.8, 4) is 23.3 Å². The van der Waals surface area contributed by atoms with Gasteiger partial charge in [-0.05, 0) is 31.4 Å². The summed E-state index contributed by atoms with van der Waals surface area (Å²) in [6, 6.07) is 6.83. The van der Waals surface area contributed by atoms with Crippen LogP contribution in [0.25, 0.3) is 5.69 Å². The Hall–Kier alpha value is -3.67. The van der Waals surface area contributed by atoms with Crippen molar-refractivity contribution in [2.24, 2.45) is 10.9 Å². The third-order valence-electron chi connectivity index (χ3n) is 5.34. The van der Waals surface area contributed by atoms with E-state index in [1.807, 2.05) is 13.8 Å².